The van der Waals surface area contributed by atoms with Crippen LogP contribution in [0.2, 0.25) is 0 Å². The highest BCUT2D eigenvalue weighted by atomic mass is 19.1. The minimum absolute atomic E-state index is 0.107. The molecule has 0 saturated carbocycles. The van der Waals surface area contributed by atoms with Crippen molar-refractivity contribution in [3.05, 3.63) is 35.6 Å². The summed E-state index contributed by atoms with van der Waals surface area (Å²) in [7, 11) is 0. The maximum absolute atomic E-state index is 13.4. The van der Waals surface area contributed by atoms with Crippen LogP contribution in [0.3, 0.4) is 0 Å². The van der Waals surface area contributed by atoms with Crippen LogP contribution in [0.15, 0.2) is 24.3 Å². The number of halogens is 1. The van der Waals surface area contributed by atoms with Crippen molar-refractivity contribution < 1.29 is 9.18 Å². The molecule has 2 N–H and O–H groups in total. The molecule has 1 atom stereocenters. The number of rotatable bonds is 4. The zero-order valence-electron chi connectivity index (χ0n) is 10.6. The third kappa shape index (κ3) is 3.29. The van der Waals surface area contributed by atoms with E-state index in [2.05, 4.69) is 17.6 Å². The van der Waals surface area contributed by atoms with Crippen molar-refractivity contribution in [3.8, 4) is 0 Å². The third-order valence-electron chi connectivity index (χ3n) is 3.48. The fraction of sp³-hybridized carbons (Fsp3) is 0.500. The summed E-state index contributed by atoms with van der Waals surface area (Å²) < 4.78 is 13.4. The average molecular weight is 250 g/mol. The summed E-state index contributed by atoms with van der Waals surface area (Å²) in [6.07, 6.45) is 1.17. The lowest BCUT2D eigenvalue weighted by Gasteiger charge is -2.22. The van der Waals surface area contributed by atoms with Gasteiger partial charge in [0.1, 0.15) is 5.82 Å². The molecule has 1 amide bonds. The first-order valence-corrected chi connectivity index (χ1v) is 6.30. The van der Waals surface area contributed by atoms with Gasteiger partial charge in [0.05, 0.1) is 6.42 Å². The van der Waals surface area contributed by atoms with Crippen molar-refractivity contribution in [2.24, 2.45) is 5.41 Å². The predicted octanol–water partition coefficient (Wildman–Crippen LogP) is 1.48. The minimum Gasteiger partial charge on any atom is -0.355 e. The molecule has 1 saturated heterocycles. The molecule has 4 heteroatoms. The fourth-order valence-electron chi connectivity index (χ4n) is 2.21. The highest BCUT2D eigenvalue weighted by Crippen LogP contribution is 2.22. The topological polar surface area (TPSA) is 41.1 Å². The van der Waals surface area contributed by atoms with Gasteiger partial charge in [0.25, 0.3) is 0 Å². The van der Waals surface area contributed by atoms with Crippen molar-refractivity contribution in [1.82, 2.24) is 10.6 Å². The van der Waals surface area contributed by atoms with Gasteiger partial charge in [-0.25, -0.2) is 4.39 Å². The van der Waals surface area contributed by atoms with E-state index in [0.29, 0.717) is 12.1 Å². The molecular weight excluding hydrogens is 231 g/mol. The summed E-state index contributed by atoms with van der Waals surface area (Å²) in [6.45, 7) is 4.72. The molecule has 98 valence electrons. The highest BCUT2D eigenvalue weighted by Gasteiger charge is 2.28. The van der Waals surface area contributed by atoms with E-state index in [4.69, 9.17) is 0 Å². The molecule has 18 heavy (non-hydrogen) atoms. The number of benzene rings is 1. The first kappa shape index (κ1) is 13.0. The molecule has 3 nitrogen and oxygen atoms in total. The maximum Gasteiger partial charge on any atom is 0.224 e. The number of amides is 1. The van der Waals surface area contributed by atoms with Crippen LogP contribution in [-0.2, 0) is 11.2 Å². The number of carbonyl (C=O) groups excluding carboxylic acids is 1. The minimum atomic E-state index is -0.318. The lowest BCUT2D eigenvalue weighted by Crippen LogP contribution is -2.37. The lowest BCUT2D eigenvalue weighted by atomic mass is 9.90. The van der Waals surface area contributed by atoms with Crippen LogP contribution in [0.25, 0.3) is 0 Å². The van der Waals surface area contributed by atoms with E-state index >= 15 is 0 Å². The second-order valence-electron chi connectivity index (χ2n) is 5.28. The third-order valence-corrected chi connectivity index (χ3v) is 3.48. The Balaban J connectivity index is 1.84. The van der Waals surface area contributed by atoms with Crippen molar-refractivity contribution in [2.75, 3.05) is 19.6 Å². The molecule has 1 unspecified atom stereocenters. The lowest BCUT2D eigenvalue weighted by molar-refractivity contribution is -0.120. The summed E-state index contributed by atoms with van der Waals surface area (Å²) in [4.78, 5) is 11.8. The van der Waals surface area contributed by atoms with E-state index in [-0.39, 0.29) is 23.6 Å². The summed E-state index contributed by atoms with van der Waals surface area (Å²) in [5.74, 6) is -0.436. The van der Waals surface area contributed by atoms with E-state index < -0.39 is 0 Å². The van der Waals surface area contributed by atoms with Gasteiger partial charge in [0.2, 0.25) is 5.91 Å². The average Bonchev–Trinajstić information content (AvgIpc) is 2.77. The number of hydrogen-bond donors (Lipinski definition) is 2. The smallest absolute Gasteiger partial charge is 0.224 e. The molecule has 0 radical (unpaired) electrons. The van der Waals surface area contributed by atoms with Crippen LogP contribution in [0.5, 0.6) is 0 Å². The van der Waals surface area contributed by atoms with E-state index in [0.717, 1.165) is 19.5 Å². The molecule has 1 aromatic carbocycles. The van der Waals surface area contributed by atoms with E-state index in [1.807, 2.05) is 0 Å². The normalized spacial score (nSPS) is 23.0. The standard InChI is InChI=1S/C14H19FN2O/c1-14(6-7-16-9-14)10-17-13(18)8-11-4-2-3-5-12(11)15/h2-5,16H,6-10H2,1H3,(H,17,18). The van der Waals surface area contributed by atoms with Crippen molar-refractivity contribution in [1.29, 1.82) is 0 Å². The van der Waals surface area contributed by atoms with Gasteiger partial charge >= 0.3 is 0 Å². The second-order valence-corrected chi connectivity index (χ2v) is 5.28. The van der Waals surface area contributed by atoms with Gasteiger partial charge in [-0.15, -0.1) is 0 Å². The molecule has 1 aliphatic rings. The largest absolute Gasteiger partial charge is 0.355 e. The molecule has 1 fully saturated rings. The quantitative estimate of drug-likeness (QED) is 0.850. The molecule has 1 aliphatic heterocycles. The zero-order valence-corrected chi connectivity index (χ0v) is 10.6. The zero-order chi connectivity index (χ0) is 13.0. The van der Waals surface area contributed by atoms with Crippen LogP contribution in [0, 0.1) is 11.2 Å². The molecule has 0 aliphatic carbocycles. The molecule has 1 heterocycles. The number of carbonyl (C=O) groups is 1. The Kier molecular flexibility index (Phi) is 3.97. The SMILES string of the molecule is CC1(CNC(=O)Cc2ccccc2F)CCNC1. The molecule has 0 aromatic heterocycles. The first-order chi connectivity index (χ1) is 8.59. The molecule has 1 aromatic rings. The van der Waals surface area contributed by atoms with Crippen LogP contribution < -0.4 is 10.6 Å². The molecule has 2 rings (SSSR count). The van der Waals surface area contributed by atoms with Crippen LogP contribution in [0.1, 0.15) is 18.9 Å². The van der Waals surface area contributed by atoms with Gasteiger partial charge in [-0.1, -0.05) is 25.1 Å². The Morgan fingerprint density at radius 2 is 2.28 bits per heavy atom. The Morgan fingerprint density at radius 1 is 1.50 bits per heavy atom. The van der Waals surface area contributed by atoms with Gasteiger partial charge in [0.15, 0.2) is 0 Å². The predicted molar refractivity (Wildman–Crippen MR) is 68.7 cm³/mol. The first-order valence-electron chi connectivity index (χ1n) is 6.30. The monoisotopic (exact) mass is 250 g/mol. The van der Waals surface area contributed by atoms with Crippen molar-refractivity contribution >= 4 is 5.91 Å². The van der Waals surface area contributed by atoms with Crippen molar-refractivity contribution in [2.45, 2.75) is 19.8 Å². The highest BCUT2D eigenvalue weighted by molar-refractivity contribution is 5.78. The van der Waals surface area contributed by atoms with Crippen LogP contribution in [-0.4, -0.2) is 25.5 Å². The molecule has 0 spiro atoms. The summed E-state index contributed by atoms with van der Waals surface area (Å²) in [5, 5.41) is 6.18. The summed E-state index contributed by atoms with van der Waals surface area (Å²) >= 11 is 0. The van der Waals surface area contributed by atoms with E-state index in [1.165, 1.54) is 6.07 Å². The molecule has 0 bridgehead atoms. The van der Waals surface area contributed by atoms with E-state index in [1.54, 1.807) is 18.2 Å². The van der Waals surface area contributed by atoms with Gasteiger partial charge in [0, 0.05) is 13.1 Å². The van der Waals surface area contributed by atoms with Gasteiger partial charge in [-0.3, -0.25) is 4.79 Å². The van der Waals surface area contributed by atoms with Crippen molar-refractivity contribution in [3.63, 3.8) is 0 Å². The fourth-order valence-corrected chi connectivity index (χ4v) is 2.21. The summed E-state index contributed by atoms with van der Waals surface area (Å²) in [5.41, 5.74) is 0.579. The number of hydrogen-bond acceptors (Lipinski definition) is 2. The van der Waals surface area contributed by atoms with Gasteiger partial charge in [-0.05, 0) is 30.0 Å². The summed E-state index contributed by atoms with van der Waals surface area (Å²) in [6, 6.07) is 6.40. The second kappa shape index (κ2) is 5.48. The molecular formula is C14H19FN2O. The maximum atomic E-state index is 13.4. The number of nitrogens with one attached hydrogen (secondary N) is 2. The van der Waals surface area contributed by atoms with Crippen LogP contribution in [0.4, 0.5) is 4.39 Å². The van der Waals surface area contributed by atoms with E-state index in [9.17, 15) is 9.18 Å². The van der Waals surface area contributed by atoms with Crippen LogP contribution >= 0.6 is 0 Å². The van der Waals surface area contributed by atoms with Gasteiger partial charge in [-0.2, -0.15) is 0 Å². The Hall–Kier alpha value is -1.42. The van der Waals surface area contributed by atoms with Gasteiger partial charge < -0.3 is 10.6 Å². The Morgan fingerprint density at radius 3 is 2.94 bits per heavy atom. The Labute approximate surface area is 107 Å². The Bertz CT molecular complexity index is 428.